The summed E-state index contributed by atoms with van der Waals surface area (Å²) < 4.78 is 5.16. The number of ether oxygens (including phenoxy) is 1. The Morgan fingerprint density at radius 3 is 2.71 bits per heavy atom. The van der Waals surface area contributed by atoms with Crippen LogP contribution in [0.25, 0.3) is 0 Å². The van der Waals surface area contributed by atoms with Gasteiger partial charge in [0.1, 0.15) is 0 Å². The van der Waals surface area contributed by atoms with Gasteiger partial charge in [0.25, 0.3) is 0 Å². The number of carboxylic acid groups (broad SMARTS) is 1. The third-order valence-corrected chi connectivity index (χ3v) is 5.52. The van der Waals surface area contributed by atoms with Crippen LogP contribution in [-0.4, -0.2) is 54.4 Å². The summed E-state index contributed by atoms with van der Waals surface area (Å²) in [4.78, 5) is 25.4. The number of amides is 2. The highest BCUT2D eigenvalue weighted by molar-refractivity contribution is 5.86. The van der Waals surface area contributed by atoms with E-state index in [1.165, 1.54) is 25.7 Å². The van der Waals surface area contributed by atoms with Crippen molar-refractivity contribution in [1.82, 2.24) is 10.2 Å². The van der Waals surface area contributed by atoms with Gasteiger partial charge in [-0.1, -0.05) is 6.42 Å². The molecule has 2 bridgehead atoms. The van der Waals surface area contributed by atoms with Crippen LogP contribution in [0.1, 0.15) is 32.1 Å². The van der Waals surface area contributed by atoms with Crippen molar-refractivity contribution in [2.45, 2.75) is 37.6 Å². The van der Waals surface area contributed by atoms with E-state index in [0.29, 0.717) is 18.9 Å². The van der Waals surface area contributed by atoms with Crippen LogP contribution >= 0.6 is 0 Å². The van der Waals surface area contributed by atoms with Gasteiger partial charge in [-0.3, -0.25) is 0 Å². The zero-order valence-electron chi connectivity index (χ0n) is 12.5. The predicted molar refractivity (Wildman–Crippen MR) is 75.9 cm³/mol. The number of hydrogen-bond donors (Lipinski definition) is 2. The first-order chi connectivity index (χ1) is 10.00. The number of nitrogens with one attached hydrogen (secondary N) is 1. The van der Waals surface area contributed by atoms with E-state index in [4.69, 9.17) is 4.74 Å². The average Bonchev–Trinajstić information content (AvgIpc) is 3.14. The van der Waals surface area contributed by atoms with Crippen molar-refractivity contribution >= 4 is 12.0 Å². The second-order valence-corrected chi connectivity index (χ2v) is 6.94. The van der Waals surface area contributed by atoms with Crippen molar-refractivity contribution in [1.29, 1.82) is 0 Å². The Balaban J connectivity index is 1.56. The molecule has 0 radical (unpaired) electrons. The van der Waals surface area contributed by atoms with E-state index in [1.54, 1.807) is 11.9 Å². The van der Waals surface area contributed by atoms with Gasteiger partial charge in [-0.05, 0) is 37.0 Å². The van der Waals surface area contributed by atoms with Gasteiger partial charge in [0.2, 0.25) is 0 Å². The Morgan fingerprint density at radius 2 is 2.19 bits per heavy atom. The molecule has 3 rings (SSSR count). The number of aliphatic carboxylic acids is 1. The van der Waals surface area contributed by atoms with Crippen LogP contribution in [0.5, 0.6) is 0 Å². The molecule has 2 N–H and O–H groups in total. The minimum atomic E-state index is -1.25. The van der Waals surface area contributed by atoms with Gasteiger partial charge in [-0.15, -0.1) is 0 Å². The molecule has 4 atom stereocenters. The van der Waals surface area contributed by atoms with E-state index in [1.807, 2.05) is 0 Å². The van der Waals surface area contributed by atoms with E-state index in [9.17, 15) is 14.7 Å². The van der Waals surface area contributed by atoms with E-state index in [2.05, 4.69) is 5.32 Å². The molecule has 1 heterocycles. The molecule has 4 unspecified atom stereocenters. The lowest BCUT2D eigenvalue weighted by Crippen LogP contribution is -2.58. The zero-order chi connectivity index (χ0) is 15.0. The summed E-state index contributed by atoms with van der Waals surface area (Å²) in [7, 11) is 1.76. The first-order valence-corrected chi connectivity index (χ1v) is 7.84. The average molecular weight is 296 g/mol. The number of hydrogen-bond acceptors (Lipinski definition) is 3. The molecule has 6 heteroatoms. The van der Waals surface area contributed by atoms with Crippen molar-refractivity contribution in [2.24, 2.45) is 17.8 Å². The molecule has 2 amide bonds. The van der Waals surface area contributed by atoms with Crippen molar-refractivity contribution in [3.8, 4) is 0 Å². The topological polar surface area (TPSA) is 78.9 Å². The number of carbonyl (C=O) groups is 2. The van der Waals surface area contributed by atoms with Crippen molar-refractivity contribution < 1.29 is 19.4 Å². The third kappa shape index (κ3) is 2.73. The molecular weight excluding hydrogens is 272 g/mol. The number of rotatable bonds is 4. The molecule has 0 spiro atoms. The van der Waals surface area contributed by atoms with Crippen molar-refractivity contribution in [2.75, 3.05) is 26.8 Å². The lowest BCUT2D eigenvalue weighted by atomic mass is 9.88. The van der Waals surface area contributed by atoms with E-state index >= 15 is 0 Å². The third-order valence-electron chi connectivity index (χ3n) is 5.52. The Bertz CT molecular complexity index is 433. The molecule has 2 saturated carbocycles. The van der Waals surface area contributed by atoms with Gasteiger partial charge in [0.15, 0.2) is 5.54 Å². The number of carbonyl (C=O) groups excluding carboxylic acids is 1. The Kier molecular flexibility index (Phi) is 3.82. The normalized spacial score (nSPS) is 37.7. The maximum Gasteiger partial charge on any atom is 0.332 e. The second kappa shape index (κ2) is 5.48. The largest absolute Gasteiger partial charge is 0.479 e. The summed E-state index contributed by atoms with van der Waals surface area (Å²) in [6.45, 7) is 1.16. The van der Waals surface area contributed by atoms with Crippen molar-refractivity contribution in [3.63, 3.8) is 0 Å². The van der Waals surface area contributed by atoms with E-state index in [-0.39, 0.29) is 12.6 Å². The van der Waals surface area contributed by atoms with Crippen LogP contribution < -0.4 is 5.32 Å². The highest BCUT2D eigenvalue weighted by atomic mass is 16.5. The maximum atomic E-state index is 12.3. The highest BCUT2D eigenvalue weighted by Gasteiger charge is 2.45. The van der Waals surface area contributed by atoms with Gasteiger partial charge >= 0.3 is 12.0 Å². The number of carboxylic acids is 1. The fourth-order valence-corrected chi connectivity index (χ4v) is 4.22. The van der Waals surface area contributed by atoms with Gasteiger partial charge in [-0.25, -0.2) is 9.59 Å². The minimum Gasteiger partial charge on any atom is -0.479 e. The van der Waals surface area contributed by atoms with Crippen molar-refractivity contribution in [3.05, 3.63) is 0 Å². The lowest BCUT2D eigenvalue weighted by molar-refractivity contribution is -0.144. The SMILES string of the molecule is CN(CC1CC2CCC1C2)C(=O)NC1(C(=O)O)CCOC1. The van der Waals surface area contributed by atoms with Gasteiger partial charge in [-0.2, -0.15) is 0 Å². The van der Waals surface area contributed by atoms with Gasteiger partial charge in [0, 0.05) is 26.6 Å². The molecule has 0 aromatic heterocycles. The first kappa shape index (κ1) is 14.6. The molecule has 2 aliphatic carbocycles. The van der Waals surface area contributed by atoms with Crippen LogP contribution in [0.3, 0.4) is 0 Å². The fourth-order valence-electron chi connectivity index (χ4n) is 4.22. The summed E-state index contributed by atoms with van der Waals surface area (Å²) in [5, 5.41) is 12.0. The molecule has 21 heavy (non-hydrogen) atoms. The van der Waals surface area contributed by atoms with E-state index < -0.39 is 11.5 Å². The maximum absolute atomic E-state index is 12.3. The minimum absolute atomic E-state index is 0.0516. The first-order valence-electron chi connectivity index (χ1n) is 7.84. The summed E-state index contributed by atoms with van der Waals surface area (Å²) in [5.74, 6) is 1.18. The van der Waals surface area contributed by atoms with Crippen LogP contribution in [0.2, 0.25) is 0 Å². The molecular formula is C15H24N2O4. The summed E-state index contributed by atoms with van der Waals surface area (Å²) in [6.07, 6.45) is 5.49. The number of fused-ring (bicyclic) bond motifs is 2. The number of urea groups is 1. The highest BCUT2D eigenvalue weighted by Crippen LogP contribution is 2.48. The molecule has 3 fully saturated rings. The smallest absolute Gasteiger partial charge is 0.332 e. The fraction of sp³-hybridized carbons (Fsp3) is 0.867. The summed E-state index contributed by atoms with van der Waals surface area (Å²) in [5.41, 5.74) is -1.25. The molecule has 118 valence electrons. The summed E-state index contributed by atoms with van der Waals surface area (Å²) in [6, 6.07) is -0.300. The van der Waals surface area contributed by atoms with Gasteiger partial charge in [0.05, 0.1) is 6.61 Å². The Hall–Kier alpha value is -1.30. The number of nitrogens with zero attached hydrogens (tertiary/aromatic N) is 1. The quantitative estimate of drug-likeness (QED) is 0.820. The van der Waals surface area contributed by atoms with E-state index in [0.717, 1.165) is 18.4 Å². The lowest BCUT2D eigenvalue weighted by Gasteiger charge is -2.30. The predicted octanol–water partition coefficient (Wildman–Crippen LogP) is 1.31. The second-order valence-electron chi connectivity index (χ2n) is 6.94. The van der Waals surface area contributed by atoms with Crippen LogP contribution in [0.4, 0.5) is 4.79 Å². The molecule has 0 aromatic rings. The molecule has 6 nitrogen and oxygen atoms in total. The monoisotopic (exact) mass is 296 g/mol. The van der Waals surface area contributed by atoms with Crippen LogP contribution in [-0.2, 0) is 9.53 Å². The Morgan fingerprint density at radius 1 is 1.38 bits per heavy atom. The molecule has 0 aromatic carbocycles. The zero-order valence-corrected chi connectivity index (χ0v) is 12.5. The molecule has 3 aliphatic rings. The molecule has 1 saturated heterocycles. The summed E-state index contributed by atoms with van der Waals surface area (Å²) >= 11 is 0. The van der Waals surface area contributed by atoms with Crippen LogP contribution in [0.15, 0.2) is 0 Å². The Labute approximate surface area is 124 Å². The molecule has 1 aliphatic heterocycles. The van der Waals surface area contributed by atoms with Crippen LogP contribution in [0, 0.1) is 17.8 Å². The standard InChI is InChI=1S/C15H24N2O4/c1-17(8-12-7-10-2-3-11(12)6-10)14(20)16-15(13(18)19)4-5-21-9-15/h10-12H,2-9H2,1H3,(H,16,20)(H,18,19). The van der Waals surface area contributed by atoms with Gasteiger partial charge < -0.3 is 20.1 Å².